The number of carbonyl (C=O) groups is 4. The number of Topliss-reactive ketones (excluding diaryl/α,β-unsaturated/α-hetero) is 1. The number of nitrogens with one attached hydrogen (secondary N) is 2. The van der Waals surface area contributed by atoms with Crippen molar-refractivity contribution in [3.63, 3.8) is 0 Å². The van der Waals surface area contributed by atoms with E-state index in [0.717, 1.165) is 11.1 Å². The van der Waals surface area contributed by atoms with Gasteiger partial charge in [-0.25, -0.2) is 9.97 Å². The van der Waals surface area contributed by atoms with Crippen molar-refractivity contribution >= 4 is 56.9 Å². The first-order valence-corrected chi connectivity index (χ1v) is 19.3. The van der Waals surface area contributed by atoms with Crippen molar-refractivity contribution in [2.24, 2.45) is 5.92 Å². The molecule has 1 aromatic carbocycles. The molecule has 10 nitrogen and oxygen atoms in total. The van der Waals surface area contributed by atoms with Crippen LogP contribution in [0.1, 0.15) is 137 Å². The van der Waals surface area contributed by atoms with Crippen LogP contribution in [0.4, 0.5) is 26.3 Å². The molecule has 0 saturated heterocycles. The van der Waals surface area contributed by atoms with Gasteiger partial charge in [0.2, 0.25) is 0 Å². The number of allylic oxidation sites excluding steroid dienone is 4. The number of nitrogens with zero attached hydrogens (tertiary/aromatic N) is 3. The molecule has 1 saturated carbocycles. The van der Waals surface area contributed by atoms with Gasteiger partial charge in [0, 0.05) is 40.2 Å². The smallest absolute Gasteiger partial charge is 0.416 e. The van der Waals surface area contributed by atoms with Crippen molar-refractivity contribution < 1.29 is 50.3 Å². The molecular formula is C44H39F6N5O5. The van der Waals surface area contributed by atoms with Crippen molar-refractivity contribution in [3.05, 3.63) is 104 Å². The summed E-state index contributed by atoms with van der Waals surface area (Å²) in [6.45, 7) is 9.68. The highest BCUT2D eigenvalue weighted by Crippen LogP contribution is 2.66. The van der Waals surface area contributed by atoms with E-state index in [1.807, 2.05) is 20.8 Å². The predicted octanol–water partition coefficient (Wildman–Crippen LogP) is 9.66. The number of ether oxygens (including phenoxy) is 1. The molecule has 1 aliphatic carbocycles. The minimum atomic E-state index is -5.17. The summed E-state index contributed by atoms with van der Waals surface area (Å²) in [7, 11) is 1.25. The van der Waals surface area contributed by atoms with Crippen molar-refractivity contribution in [2.75, 3.05) is 7.11 Å². The fraction of sp³-hybridized carbons (Fsp3) is 0.364. The molecule has 16 heteroatoms. The number of ketones is 1. The highest BCUT2D eigenvalue weighted by Gasteiger charge is 2.64. The average molecular weight is 832 g/mol. The van der Waals surface area contributed by atoms with E-state index in [-0.39, 0.29) is 40.8 Å². The molecular weight excluding hydrogens is 793 g/mol. The summed E-state index contributed by atoms with van der Waals surface area (Å²) in [5, 5.41) is 0. The molecule has 8 rings (SSSR count). The topological polar surface area (TPSA) is 138 Å². The van der Waals surface area contributed by atoms with Gasteiger partial charge in [-0.3, -0.25) is 24.1 Å². The molecule has 6 heterocycles. The molecule has 1 fully saturated rings. The standard InChI is InChI=1S/C44H39F6N5O5/c1-8-27-18(2)28-15-33-35(22(6)56)19(3)29(52-33)13-31-21(5)42(16-26(42)12-34(57)60-7)39(54-31)37-38-36(20(4)30(53-38)14-32(27)51-28)40(58)55(41(37)59)17-23-9-24(43(45,46)47)11-25(10-23)44(48,49)50/h9-11,13-15,21,26,53-54H,8,12,16-17H2,1-7H3/t21-,26+,42?/m1/s1. The number of methoxy groups -OCH3 is 1. The lowest BCUT2D eigenvalue weighted by Gasteiger charge is -2.28. The number of rotatable bonds is 6. The number of H-pyrrole nitrogens is 2. The Kier molecular flexibility index (Phi) is 9.32. The predicted molar refractivity (Wildman–Crippen MR) is 208 cm³/mol. The lowest BCUT2D eigenvalue weighted by molar-refractivity contribution is -0.143. The van der Waals surface area contributed by atoms with Crippen LogP contribution >= 0.6 is 0 Å². The second kappa shape index (κ2) is 13.7. The number of carbonyl (C=O) groups excluding carboxylic acids is 4. The number of esters is 1. The number of aromatic amines is 2. The first kappa shape index (κ1) is 40.7. The molecule has 60 heavy (non-hydrogen) atoms. The Hall–Kier alpha value is -6.06. The zero-order valence-corrected chi connectivity index (χ0v) is 33.6. The quantitative estimate of drug-likeness (QED) is 0.143. The summed E-state index contributed by atoms with van der Waals surface area (Å²) < 4.78 is 88.9. The summed E-state index contributed by atoms with van der Waals surface area (Å²) in [4.78, 5) is 72.7. The van der Waals surface area contributed by atoms with Crippen LogP contribution in [0.15, 0.2) is 36.4 Å². The molecule has 312 valence electrons. The Labute approximate surface area is 339 Å². The molecule has 3 aromatic rings. The lowest BCUT2D eigenvalue weighted by atomic mass is 9.82. The maximum atomic E-state index is 15.0. The van der Waals surface area contributed by atoms with Gasteiger partial charge in [0.15, 0.2) is 5.78 Å². The second-order valence-electron chi connectivity index (χ2n) is 16.0. The molecule has 1 unspecified atom stereocenters. The summed E-state index contributed by atoms with van der Waals surface area (Å²) in [6, 6.07) is 6.23. The Bertz CT molecular complexity index is 2720. The monoisotopic (exact) mass is 831 g/mol. The van der Waals surface area contributed by atoms with Crippen LogP contribution in [0.25, 0.3) is 33.3 Å². The molecule has 4 aliphatic heterocycles. The van der Waals surface area contributed by atoms with Crippen LogP contribution < -0.4 is 0 Å². The first-order valence-electron chi connectivity index (χ1n) is 19.3. The molecule has 2 amide bonds. The van der Waals surface area contributed by atoms with E-state index in [4.69, 9.17) is 14.7 Å². The van der Waals surface area contributed by atoms with E-state index >= 15 is 4.79 Å². The van der Waals surface area contributed by atoms with Gasteiger partial charge in [0.05, 0.1) is 64.2 Å². The average Bonchev–Trinajstić information content (AvgIpc) is 3.30. The maximum Gasteiger partial charge on any atom is 0.416 e. The van der Waals surface area contributed by atoms with Gasteiger partial charge in [-0.2, -0.15) is 26.3 Å². The number of aromatic nitrogens is 4. The van der Waals surface area contributed by atoms with Crippen molar-refractivity contribution in [1.82, 2.24) is 24.8 Å². The molecule has 2 aromatic heterocycles. The number of halogens is 6. The van der Waals surface area contributed by atoms with Gasteiger partial charge in [0.25, 0.3) is 11.8 Å². The number of fused-ring (bicyclic) bond motifs is 9. The fourth-order valence-electron chi connectivity index (χ4n) is 9.42. The van der Waals surface area contributed by atoms with Gasteiger partial charge >= 0.3 is 18.3 Å². The normalized spacial score (nSPS) is 20.6. The Balaban J connectivity index is 1.47. The van der Waals surface area contributed by atoms with Gasteiger partial charge in [-0.05, 0) is 111 Å². The zero-order chi connectivity index (χ0) is 43.5. The third kappa shape index (κ3) is 6.24. The molecule has 5 aliphatic rings. The molecule has 3 atom stereocenters. The zero-order valence-electron chi connectivity index (χ0n) is 33.6. The van der Waals surface area contributed by atoms with E-state index in [0.29, 0.717) is 86.3 Å². The summed E-state index contributed by atoms with van der Waals surface area (Å²) in [6.07, 6.45) is -9.44. The van der Waals surface area contributed by atoms with Gasteiger partial charge in [-0.1, -0.05) is 13.8 Å². The summed E-state index contributed by atoms with van der Waals surface area (Å²) in [5.74, 6) is -3.41. The van der Waals surface area contributed by atoms with Crippen LogP contribution in [-0.2, 0) is 38.6 Å². The minimum Gasteiger partial charge on any atom is -0.469 e. The molecule has 2 N–H and O–H groups in total. The number of hydrogen-bond donors (Lipinski definition) is 2. The minimum absolute atomic E-state index is 0.000124. The number of amides is 2. The van der Waals surface area contributed by atoms with Gasteiger partial charge in [-0.15, -0.1) is 0 Å². The lowest BCUT2D eigenvalue weighted by Crippen LogP contribution is -2.41. The SMILES string of the molecule is CCC1=C(C)c2cc3nc(cc4[nH]c(c5c6[nH]c(cc1n2)c(C)c6C(=O)N(Cc1cc(C(F)(F)F)cc(C(F)(F)F)c1)C5=O)C1(C[C@@H]1CC(=O)OC)[C@@H]4C)C(C)=C3C(C)=O. The highest BCUT2D eigenvalue weighted by molar-refractivity contribution is 6.27. The fourth-order valence-corrected chi connectivity index (χ4v) is 9.42. The number of hydrogen-bond acceptors (Lipinski definition) is 7. The molecule has 0 radical (unpaired) electrons. The number of imide groups is 1. The van der Waals surface area contributed by atoms with Crippen LogP contribution in [0.5, 0.6) is 0 Å². The maximum absolute atomic E-state index is 15.0. The number of alkyl halides is 6. The largest absolute Gasteiger partial charge is 0.469 e. The first-order chi connectivity index (χ1) is 28.1. The van der Waals surface area contributed by atoms with Crippen LogP contribution in [0, 0.1) is 12.8 Å². The van der Waals surface area contributed by atoms with Crippen LogP contribution in [0.3, 0.4) is 0 Å². The Morgan fingerprint density at radius 2 is 1.47 bits per heavy atom. The molecule has 1 spiro atoms. The third-order valence-corrected chi connectivity index (χ3v) is 12.7. The van der Waals surface area contributed by atoms with Gasteiger partial charge in [0.1, 0.15) is 0 Å². The summed E-state index contributed by atoms with van der Waals surface area (Å²) >= 11 is 0. The van der Waals surface area contributed by atoms with E-state index in [9.17, 15) is 40.7 Å². The van der Waals surface area contributed by atoms with E-state index < -0.39 is 64.7 Å². The van der Waals surface area contributed by atoms with Crippen LogP contribution in [0.2, 0.25) is 0 Å². The van der Waals surface area contributed by atoms with E-state index in [1.54, 1.807) is 32.0 Å². The van der Waals surface area contributed by atoms with E-state index in [2.05, 4.69) is 9.97 Å². The summed E-state index contributed by atoms with van der Waals surface area (Å²) in [5.41, 5.74) is 1.66. The highest BCUT2D eigenvalue weighted by atomic mass is 19.4. The van der Waals surface area contributed by atoms with Gasteiger partial charge < -0.3 is 14.7 Å². The Morgan fingerprint density at radius 3 is 2.07 bits per heavy atom. The van der Waals surface area contributed by atoms with E-state index in [1.165, 1.54) is 14.0 Å². The Morgan fingerprint density at radius 1 is 0.850 bits per heavy atom. The van der Waals surface area contributed by atoms with Crippen molar-refractivity contribution in [1.29, 1.82) is 0 Å². The number of aryl methyl sites for hydroxylation is 1. The molecule has 8 bridgehead atoms. The second-order valence-corrected chi connectivity index (χ2v) is 16.0. The van der Waals surface area contributed by atoms with Crippen molar-refractivity contribution in [3.8, 4) is 0 Å². The number of benzene rings is 1. The van der Waals surface area contributed by atoms with Crippen LogP contribution in [-0.4, -0.2) is 55.5 Å². The van der Waals surface area contributed by atoms with Crippen molar-refractivity contribution in [2.45, 2.75) is 91.0 Å². The third-order valence-electron chi connectivity index (χ3n) is 12.7.